The van der Waals surface area contributed by atoms with E-state index >= 15 is 0 Å². The van der Waals surface area contributed by atoms with E-state index in [2.05, 4.69) is 44.4 Å². The Hall–Kier alpha value is -0.160. The predicted octanol–water partition coefficient (Wildman–Crippen LogP) is 0.138. The number of hydrogen-bond donors (Lipinski definition) is 0. The highest BCUT2D eigenvalue weighted by molar-refractivity contribution is 7.18. The van der Waals surface area contributed by atoms with E-state index in [0.29, 0.717) is 0 Å². The van der Waals surface area contributed by atoms with Crippen LogP contribution >= 0.6 is 11.3 Å². The highest BCUT2D eigenvalue weighted by Gasteiger charge is 2.16. The second-order valence-electron chi connectivity index (χ2n) is 3.80. The average Bonchev–Trinajstić information content (AvgIpc) is 2.41. The summed E-state index contributed by atoms with van der Waals surface area (Å²) in [5.74, 6) is 0. The molecule has 15 heavy (non-hydrogen) atoms. The Morgan fingerprint density at radius 3 is 2.47 bits per heavy atom. The molecule has 0 saturated heterocycles. The highest BCUT2D eigenvalue weighted by atomic mass is 127. The van der Waals surface area contributed by atoms with Crippen LogP contribution in [-0.2, 0) is 6.54 Å². The number of nitrogens with zero attached hydrogens (tertiary/aromatic N) is 1. The number of rotatable bonds is 1. The zero-order chi connectivity index (χ0) is 10.3. The molecule has 0 saturated carbocycles. The minimum atomic E-state index is 0. The van der Waals surface area contributed by atoms with Crippen molar-refractivity contribution in [1.82, 2.24) is 0 Å². The third-order valence-electron chi connectivity index (χ3n) is 2.64. The maximum atomic E-state index is 2.39. The molecule has 82 valence electrons. The number of fused-ring (bicyclic) bond motifs is 1. The summed E-state index contributed by atoms with van der Waals surface area (Å²) in [4.78, 5) is 0. The van der Waals surface area contributed by atoms with Crippen LogP contribution in [0, 0.1) is 20.8 Å². The predicted molar refractivity (Wildman–Crippen MR) is 61.9 cm³/mol. The fourth-order valence-electron chi connectivity index (χ4n) is 2.03. The van der Waals surface area contributed by atoms with E-state index in [0.717, 1.165) is 6.54 Å². The molecule has 1 aromatic heterocycles. The van der Waals surface area contributed by atoms with Crippen LogP contribution < -0.4 is 28.5 Å². The van der Waals surface area contributed by atoms with E-state index in [1.165, 1.54) is 26.4 Å². The van der Waals surface area contributed by atoms with Crippen molar-refractivity contribution in [3.05, 3.63) is 28.3 Å². The molecule has 1 aromatic carbocycles. The van der Waals surface area contributed by atoms with Gasteiger partial charge in [-0.15, -0.1) is 0 Å². The molecule has 1 heterocycles. The molecule has 0 atom stereocenters. The standard InChI is InChI=1S/C12H16NS.HI/c1-5-13-10(4)14-12-9(3)6-8(2)7-11(12)13;/h6-7H,5H2,1-4H3;1H/q+1;/p-1. The van der Waals surface area contributed by atoms with Gasteiger partial charge in [-0.25, -0.2) is 0 Å². The first-order valence-electron chi connectivity index (χ1n) is 5.03. The number of halogens is 1. The van der Waals surface area contributed by atoms with Gasteiger partial charge in [0, 0.05) is 13.0 Å². The van der Waals surface area contributed by atoms with Gasteiger partial charge in [0.05, 0.1) is 0 Å². The quantitative estimate of drug-likeness (QED) is 0.516. The van der Waals surface area contributed by atoms with Crippen molar-refractivity contribution in [3.8, 4) is 0 Å². The number of benzene rings is 1. The Morgan fingerprint density at radius 1 is 1.20 bits per heavy atom. The molecule has 0 fully saturated rings. The van der Waals surface area contributed by atoms with Gasteiger partial charge < -0.3 is 24.0 Å². The largest absolute Gasteiger partial charge is 1.00 e. The van der Waals surface area contributed by atoms with Crippen molar-refractivity contribution >= 4 is 21.6 Å². The van der Waals surface area contributed by atoms with Crippen LogP contribution in [-0.4, -0.2) is 0 Å². The van der Waals surface area contributed by atoms with Gasteiger partial charge in [0.15, 0.2) is 0 Å². The van der Waals surface area contributed by atoms with Crippen molar-refractivity contribution in [2.45, 2.75) is 34.2 Å². The monoisotopic (exact) mass is 333 g/mol. The molecule has 2 rings (SSSR count). The Labute approximate surface area is 112 Å². The Kier molecular flexibility index (Phi) is 4.12. The highest BCUT2D eigenvalue weighted by Crippen LogP contribution is 2.24. The molecule has 0 N–H and O–H groups in total. The lowest BCUT2D eigenvalue weighted by Gasteiger charge is -1.96. The van der Waals surface area contributed by atoms with Gasteiger partial charge >= 0.3 is 0 Å². The normalized spacial score (nSPS) is 10.4. The summed E-state index contributed by atoms with van der Waals surface area (Å²) in [7, 11) is 0. The maximum absolute atomic E-state index is 2.39. The van der Waals surface area contributed by atoms with E-state index < -0.39 is 0 Å². The molecule has 3 heteroatoms. The van der Waals surface area contributed by atoms with Crippen LogP contribution in [0.4, 0.5) is 0 Å². The number of aryl methyl sites for hydroxylation is 4. The van der Waals surface area contributed by atoms with Crippen LogP contribution in [0.1, 0.15) is 23.1 Å². The van der Waals surface area contributed by atoms with Gasteiger partial charge in [0.1, 0.15) is 11.2 Å². The van der Waals surface area contributed by atoms with Crippen molar-refractivity contribution in [3.63, 3.8) is 0 Å². The summed E-state index contributed by atoms with van der Waals surface area (Å²) in [5.41, 5.74) is 4.16. The molecule has 0 unspecified atom stereocenters. The summed E-state index contributed by atoms with van der Waals surface area (Å²) in [6.45, 7) is 9.83. The van der Waals surface area contributed by atoms with Crippen LogP contribution in [0.5, 0.6) is 0 Å². The summed E-state index contributed by atoms with van der Waals surface area (Å²) in [6, 6.07) is 4.55. The van der Waals surface area contributed by atoms with Crippen LogP contribution in [0.15, 0.2) is 12.1 Å². The summed E-state index contributed by atoms with van der Waals surface area (Å²) < 4.78 is 3.83. The summed E-state index contributed by atoms with van der Waals surface area (Å²) in [6.07, 6.45) is 0. The molecular formula is C12H16INS. The average molecular weight is 333 g/mol. The van der Waals surface area contributed by atoms with Gasteiger partial charge in [-0.1, -0.05) is 17.4 Å². The first-order valence-corrected chi connectivity index (χ1v) is 5.85. The zero-order valence-electron chi connectivity index (χ0n) is 9.60. The molecule has 0 radical (unpaired) electrons. The maximum Gasteiger partial charge on any atom is 0.235 e. The molecule has 0 amide bonds. The van der Waals surface area contributed by atoms with E-state index in [9.17, 15) is 0 Å². The van der Waals surface area contributed by atoms with Crippen LogP contribution in [0.2, 0.25) is 0 Å². The molecule has 0 aliphatic rings. The van der Waals surface area contributed by atoms with Crippen LogP contribution in [0.3, 0.4) is 0 Å². The summed E-state index contributed by atoms with van der Waals surface area (Å²) in [5, 5.41) is 1.40. The second-order valence-corrected chi connectivity index (χ2v) is 5.00. The van der Waals surface area contributed by atoms with Crippen molar-refractivity contribution in [2.75, 3.05) is 0 Å². The Bertz CT molecular complexity index is 488. The first kappa shape index (κ1) is 12.9. The second kappa shape index (κ2) is 4.78. The molecular weight excluding hydrogens is 317 g/mol. The fourth-order valence-corrected chi connectivity index (χ4v) is 3.16. The van der Waals surface area contributed by atoms with E-state index in [1.807, 2.05) is 11.3 Å². The topological polar surface area (TPSA) is 3.88 Å². The van der Waals surface area contributed by atoms with Gasteiger partial charge in [-0.05, 0) is 31.9 Å². The third-order valence-corrected chi connectivity index (χ3v) is 3.89. The van der Waals surface area contributed by atoms with Gasteiger partial charge in [0.25, 0.3) is 0 Å². The van der Waals surface area contributed by atoms with Crippen molar-refractivity contribution < 1.29 is 28.5 Å². The summed E-state index contributed by atoms with van der Waals surface area (Å²) >= 11 is 1.90. The fraction of sp³-hybridized carbons (Fsp3) is 0.417. The Morgan fingerprint density at radius 2 is 1.87 bits per heavy atom. The molecule has 1 nitrogen and oxygen atoms in total. The van der Waals surface area contributed by atoms with Gasteiger partial charge in [-0.3, -0.25) is 0 Å². The van der Waals surface area contributed by atoms with Gasteiger partial charge in [0.2, 0.25) is 10.5 Å². The number of thiazole rings is 1. The lowest BCUT2D eigenvalue weighted by molar-refractivity contribution is -0.669. The molecule has 2 aromatic rings. The van der Waals surface area contributed by atoms with Gasteiger partial charge in [-0.2, -0.15) is 4.57 Å². The smallest absolute Gasteiger partial charge is 0.235 e. The molecule has 0 aliphatic carbocycles. The molecule has 0 bridgehead atoms. The van der Waals surface area contributed by atoms with Crippen molar-refractivity contribution in [1.29, 1.82) is 0 Å². The minimum absolute atomic E-state index is 0. The molecule has 0 spiro atoms. The van der Waals surface area contributed by atoms with Crippen molar-refractivity contribution in [2.24, 2.45) is 0 Å². The SMILES string of the molecule is CC[n+]1c(C)sc2c(C)cc(C)cc21.[I-]. The third kappa shape index (κ3) is 2.18. The zero-order valence-corrected chi connectivity index (χ0v) is 12.6. The number of hydrogen-bond acceptors (Lipinski definition) is 1. The van der Waals surface area contributed by atoms with E-state index in [-0.39, 0.29) is 24.0 Å². The van der Waals surface area contributed by atoms with E-state index in [1.54, 1.807) is 0 Å². The Balaban J connectivity index is 0.00000112. The van der Waals surface area contributed by atoms with Crippen LogP contribution in [0.25, 0.3) is 10.2 Å². The first-order chi connectivity index (χ1) is 6.63. The lowest BCUT2D eigenvalue weighted by atomic mass is 10.1. The van der Waals surface area contributed by atoms with E-state index in [4.69, 9.17) is 0 Å². The number of aromatic nitrogens is 1. The molecule has 0 aliphatic heterocycles. The minimum Gasteiger partial charge on any atom is -1.00 e. The lowest BCUT2D eigenvalue weighted by Crippen LogP contribution is -3.00.